The van der Waals surface area contributed by atoms with Crippen LogP contribution < -0.4 is 5.32 Å². The molecule has 1 atom stereocenters. The number of hydrogen-bond donors (Lipinski definition) is 1. The summed E-state index contributed by atoms with van der Waals surface area (Å²) in [6, 6.07) is 0. The third kappa shape index (κ3) is 2.29. The largest absolute Gasteiger partial charge is 0.333 e. The summed E-state index contributed by atoms with van der Waals surface area (Å²) >= 11 is 0. The van der Waals surface area contributed by atoms with Crippen molar-refractivity contribution in [2.24, 2.45) is 0 Å². The van der Waals surface area contributed by atoms with Gasteiger partial charge >= 0.3 is 0 Å². The van der Waals surface area contributed by atoms with Crippen LogP contribution in [0.25, 0.3) is 0 Å². The van der Waals surface area contributed by atoms with Crippen molar-refractivity contribution in [3.05, 3.63) is 18.2 Å². The minimum Gasteiger partial charge on any atom is -0.333 e. The van der Waals surface area contributed by atoms with Crippen LogP contribution in [0, 0.1) is 0 Å². The maximum Gasteiger partial charge on any atom is 0.128 e. The molecule has 0 radical (unpaired) electrons. The van der Waals surface area contributed by atoms with Gasteiger partial charge in [-0.1, -0.05) is 19.8 Å². The lowest BCUT2D eigenvalue weighted by Crippen LogP contribution is -2.41. The van der Waals surface area contributed by atoms with Crippen molar-refractivity contribution in [2.75, 3.05) is 6.54 Å². The molecule has 3 nitrogen and oxygen atoms in total. The highest BCUT2D eigenvalue weighted by molar-refractivity contribution is 5.08. The second-order valence-electron chi connectivity index (χ2n) is 5.01. The molecule has 1 aliphatic heterocycles. The molecule has 1 aliphatic rings. The molecule has 1 fully saturated rings. The Balaban J connectivity index is 2.22. The predicted molar refractivity (Wildman–Crippen MR) is 66.3 cm³/mol. The Bertz CT molecular complexity index is 322. The summed E-state index contributed by atoms with van der Waals surface area (Å²) in [6.07, 6.45) is 10.4. The van der Waals surface area contributed by atoms with Crippen LogP contribution in [0.1, 0.15) is 51.8 Å². The van der Waals surface area contributed by atoms with Gasteiger partial charge in [-0.2, -0.15) is 0 Å². The lowest BCUT2D eigenvalue weighted by atomic mass is 9.95. The van der Waals surface area contributed by atoms with Crippen LogP contribution in [0.5, 0.6) is 0 Å². The van der Waals surface area contributed by atoms with Gasteiger partial charge in [0.2, 0.25) is 0 Å². The van der Waals surface area contributed by atoms with Gasteiger partial charge in [0.05, 0.1) is 5.54 Å². The molecule has 90 valence electrons. The van der Waals surface area contributed by atoms with Crippen LogP contribution in [-0.4, -0.2) is 16.1 Å². The van der Waals surface area contributed by atoms with Crippen LogP contribution in [0.4, 0.5) is 0 Å². The second-order valence-corrected chi connectivity index (χ2v) is 5.01. The molecule has 0 spiro atoms. The van der Waals surface area contributed by atoms with E-state index >= 15 is 0 Å². The van der Waals surface area contributed by atoms with Gasteiger partial charge in [-0.05, 0) is 32.7 Å². The zero-order valence-electron chi connectivity index (χ0n) is 10.5. The number of nitrogens with zero attached hydrogens (tertiary/aromatic N) is 2. The Labute approximate surface area is 98.3 Å². The molecular formula is C13H23N3. The molecule has 16 heavy (non-hydrogen) atoms. The fourth-order valence-corrected chi connectivity index (χ4v) is 2.63. The quantitative estimate of drug-likeness (QED) is 0.850. The maximum absolute atomic E-state index is 4.57. The first-order valence-corrected chi connectivity index (χ1v) is 6.53. The van der Waals surface area contributed by atoms with Gasteiger partial charge in [0.25, 0.3) is 0 Å². The van der Waals surface area contributed by atoms with E-state index in [2.05, 4.69) is 34.9 Å². The predicted octanol–water partition coefficient (Wildman–Crippen LogP) is 2.67. The number of rotatable bonds is 3. The highest BCUT2D eigenvalue weighted by Gasteiger charge is 2.31. The number of imidazole rings is 1. The minimum absolute atomic E-state index is 0.0785. The third-order valence-corrected chi connectivity index (χ3v) is 3.54. The molecule has 1 aromatic heterocycles. The zero-order chi connectivity index (χ0) is 11.4. The van der Waals surface area contributed by atoms with E-state index in [1.165, 1.54) is 37.9 Å². The highest BCUT2D eigenvalue weighted by atomic mass is 15.1. The highest BCUT2D eigenvalue weighted by Crippen LogP contribution is 2.28. The average Bonchev–Trinajstić information content (AvgIpc) is 2.62. The Kier molecular flexibility index (Phi) is 3.64. The summed E-state index contributed by atoms with van der Waals surface area (Å²) in [5.74, 6) is 1.22. The van der Waals surface area contributed by atoms with Gasteiger partial charge in [0.15, 0.2) is 0 Å². The van der Waals surface area contributed by atoms with Crippen LogP contribution in [0.3, 0.4) is 0 Å². The van der Waals surface area contributed by atoms with E-state index in [4.69, 9.17) is 0 Å². The molecule has 2 rings (SSSR count). The van der Waals surface area contributed by atoms with Crippen molar-refractivity contribution in [3.63, 3.8) is 0 Å². The molecule has 2 heterocycles. The van der Waals surface area contributed by atoms with E-state index in [-0.39, 0.29) is 5.54 Å². The van der Waals surface area contributed by atoms with Crippen molar-refractivity contribution in [1.82, 2.24) is 14.9 Å². The summed E-state index contributed by atoms with van der Waals surface area (Å²) in [4.78, 5) is 4.57. The van der Waals surface area contributed by atoms with Crippen LogP contribution in [0.2, 0.25) is 0 Å². The molecular weight excluding hydrogens is 198 g/mol. The minimum atomic E-state index is 0.0785. The molecule has 0 aromatic carbocycles. The summed E-state index contributed by atoms with van der Waals surface area (Å²) in [5, 5.41) is 3.68. The summed E-state index contributed by atoms with van der Waals surface area (Å²) in [6.45, 7) is 6.71. The van der Waals surface area contributed by atoms with E-state index < -0.39 is 0 Å². The van der Waals surface area contributed by atoms with E-state index in [0.717, 1.165) is 13.1 Å². The van der Waals surface area contributed by atoms with E-state index in [9.17, 15) is 0 Å². The zero-order valence-corrected chi connectivity index (χ0v) is 10.5. The number of nitrogens with one attached hydrogen (secondary N) is 1. The summed E-state index contributed by atoms with van der Waals surface area (Å²) in [7, 11) is 0. The van der Waals surface area contributed by atoms with Crippen LogP contribution in [0.15, 0.2) is 12.4 Å². The van der Waals surface area contributed by atoms with Gasteiger partial charge in [-0.25, -0.2) is 4.98 Å². The molecule has 0 aliphatic carbocycles. The molecule has 3 heteroatoms. The fourth-order valence-electron chi connectivity index (χ4n) is 2.63. The van der Waals surface area contributed by atoms with Crippen molar-refractivity contribution in [3.8, 4) is 0 Å². The van der Waals surface area contributed by atoms with Crippen molar-refractivity contribution < 1.29 is 0 Å². The first-order valence-electron chi connectivity index (χ1n) is 6.53. The molecule has 0 saturated carbocycles. The van der Waals surface area contributed by atoms with E-state index in [1.54, 1.807) is 0 Å². The van der Waals surface area contributed by atoms with Gasteiger partial charge in [-0.3, -0.25) is 0 Å². The average molecular weight is 221 g/mol. The number of aryl methyl sites for hydroxylation is 1. The third-order valence-electron chi connectivity index (χ3n) is 3.54. The monoisotopic (exact) mass is 221 g/mol. The number of aromatic nitrogens is 2. The van der Waals surface area contributed by atoms with E-state index in [0.29, 0.717) is 0 Å². The first-order chi connectivity index (χ1) is 7.76. The Hall–Kier alpha value is -0.830. The van der Waals surface area contributed by atoms with Gasteiger partial charge in [0.1, 0.15) is 5.82 Å². The molecule has 1 N–H and O–H groups in total. The second kappa shape index (κ2) is 5.00. The smallest absolute Gasteiger partial charge is 0.128 e. The molecule has 0 bridgehead atoms. The normalized spacial score (nSPS) is 26.6. The van der Waals surface area contributed by atoms with Crippen LogP contribution in [-0.2, 0) is 12.1 Å². The Morgan fingerprint density at radius 2 is 2.31 bits per heavy atom. The molecule has 1 saturated heterocycles. The Morgan fingerprint density at radius 3 is 3.12 bits per heavy atom. The standard InChI is InChI=1S/C13H23N3/c1-3-10-16-11-9-14-12(16)13(2)7-5-4-6-8-15-13/h9,11,15H,3-8,10H2,1-2H3. The lowest BCUT2D eigenvalue weighted by Gasteiger charge is -2.29. The van der Waals surface area contributed by atoms with Crippen molar-refractivity contribution >= 4 is 0 Å². The molecule has 1 aromatic rings. The van der Waals surface area contributed by atoms with Gasteiger partial charge in [-0.15, -0.1) is 0 Å². The topological polar surface area (TPSA) is 29.9 Å². The van der Waals surface area contributed by atoms with E-state index in [1.807, 2.05) is 6.20 Å². The number of hydrogen-bond acceptors (Lipinski definition) is 2. The van der Waals surface area contributed by atoms with Gasteiger partial charge < -0.3 is 9.88 Å². The SMILES string of the molecule is CCCn1ccnc1C1(C)CCCCCN1. The molecule has 0 amide bonds. The lowest BCUT2D eigenvalue weighted by molar-refractivity contribution is 0.324. The van der Waals surface area contributed by atoms with Crippen molar-refractivity contribution in [1.29, 1.82) is 0 Å². The fraction of sp³-hybridized carbons (Fsp3) is 0.769. The summed E-state index contributed by atoms with van der Waals surface area (Å²) < 4.78 is 2.30. The first kappa shape index (κ1) is 11.6. The van der Waals surface area contributed by atoms with Crippen LogP contribution >= 0.6 is 0 Å². The van der Waals surface area contributed by atoms with Crippen molar-refractivity contribution in [2.45, 2.75) is 58.0 Å². The Morgan fingerprint density at radius 1 is 1.44 bits per heavy atom. The molecule has 1 unspecified atom stereocenters. The maximum atomic E-state index is 4.57. The van der Waals surface area contributed by atoms with Gasteiger partial charge in [0, 0.05) is 18.9 Å². The summed E-state index contributed by atoms with van der Waals surface area (Å²) in [5.41, 5.74) is 0.0785.